The van der Waals surface area contributed by atoms with E-state index in [-0.39, 0.29) is 36.2 Å². The van der Waals surface area contributed by atoms with Crippen molar-refractivity contribution in [3.05, 3.63) is 12.2 Å². The summed E-state index contributed by atoms with van der Waals surface area (Å²) < 4.78 is 66.0. The number of amides is 4. The van der Waals surface area contributed by atoms with E-state index < -0.39 is 0 Å². The third-order valence-electron chi connectivity index (χ3n) is 9.88. The number of thioether (sulfide) groups is 1. The highest BCUT2D eigenvalue weighted by Crippen LogP contribution is 2.33. The lowest BCUT2D eigenvalue weighted by Gasteiger charge is -2.18. The van der Waals surface area contributed by atoms with Crippen LogP contribution in [0.2, 0.25) is 0 Å². The smallest absolute Gasteiger partial charge is 0.407 e. The van der Waals surface area contributed by atoms with E-state index in [4.69, 9.17) is 56.8 Å². The first-order valence-electron chi connectivity index (χ1n) is 23.0. The number of hydrogen-bond acceptors (Lipinski definition) is 16. The molecule has 2 heterocycles. The van der Waals surface area contributed by atoms with Crippen molar-refractivity contribution < 1.29 is 71.2 Å². The first-order chi connectivity index (χ1) is 31.1. The van der Waals surface area contributed by atoms with Crippen molar-refractivity contribution in [2.45, 2.75) is 81.2 Å². The standard InChI is InChI=1S/C43H78N4O15S/c48-40(11-7-6-10-39-41-38(36-63-39)46-42(49)47-41)44-12-14-51-16-18-53-20-22-55-24-26-57-28-30-59-32-34-61-35-33-60-31-29-58-27-25-56-23-21-54-19-17-52-15-13-45-43(50)62-37-8-4-2-1-3-5-9-37/h1-2,37-39,41H,3-36H2,(H,44,48)(H,45,50)(H2,46,47,49)/b2-1-/t37?,38-,39-,41-/m0/s1. The monoisotopic (exact) mass is 923 g/mol. The average molecular weight is 923 g/mol. The summed E-state index contributed by atoms with van der Waals surface area (Å²) in [6.45, 7) is 11.2. The van der Waals surface area contributed by atoms with E-state index >= 15 is 0 Å². The zero-order valence-corrected chi connectivity index (χ0v) is 38.4. The van der Waals surface area contributed by atoms with Crippen LogP contribution in [0.25, 0.3) is 0 Å². The molecule has 3 aliphatic rings. The molecule has 2 aliphatic heterocycles. The van der Waals surface area contributed by atoms with E-state index in [2.05, 4.69) is 33.4 Å². The number of unbranched alkanes of at least 4 members (excludes halogenated alkanes) is 1. The van der Waals surface area contributed by atoms with Crippen LogP contribution in [-0.2, 0) is 61.6 Å². The zero-order valence-electron chi connectivity index (χ0n) is 37.5. The number of allylic oxidation sites excluding steroid dienone is 2. The number of carbonyl (C=O) groups excluding carboxylic acids is 3. The van der Waals surface area contributed by atoms with Gasteiger partial charge in [0.05, 0.1) is 157 Å². The molecular weight excluding hydrogens is 845 g/mol. The molecule has 0 saturated carbocycles. The topological polar surface area (TPSA) is 210 Å². The molecule has 4 amide bonds. The van der Waals surface area contributed by atoms with E-state index in [1.54, 1.807) is 0 Å². The van der Waals surface area contributed by atoms with Gasteiger partial charge >= 0.3 is 12.1 Å². The Morgan fingerprint density at radius 2 is 1.00 bits per heavy atom. The van der Waals surface area contributed by atoms with Crippen molar-refractivity contribution in [2.24, 2.45) is 0 Å². The van der Waals surface area contributed by atoms with E-state index in [0.29, 0.717) is 170 Å². The Labute approximate surface area is 379 Å². The van der Waals surface area contributed by atoms with E-state index in [0.717, 1.165) is 57.1 Å². The van der Waals surface area contributed by atoms with Gasteiger partial charge in [0.25, 0.3) is 0 Å². The van der Waals surface area contributed by atoms with Crippen molar-refractivity contribution in [3.63, 3.8) is 0 Å². The maximum Gasteiger partial charge on any atom is 0.407 e. The fourth-order valence-corrected chi connectivity index (χ4v) is 8.13. The second-order valence-corrected chi connectivity index (χ2v) is 16.2. The molecule has 3 rings (SSSR count). The highest BCUT2D eigenvalue weighted by atomic mass is 32.2. The van der Waals surface area contributed by atoms with Crippen LogP contribution >= 0.6 is 11.8 Å². The molecule has 0 aromatic rings. The van der Waals surface area contributed by atoms with E-state index in [1.807, 2.05) is 11.8 Å². The van der Waals surface area contributed by atoms with Crippen LogP contribution in [-0.4, -0.2) is 206 Å². The van der Waals surface area contributed by atoms with Crippen LogP contribution in [0.4, 0.5) is 9.59 Å². The van der Waals surface area contributed by atoms with Crippen molar-refractivity contribution in [3.8, 4) is 0 Å². The van der Waals surface area contributed by atoms with Crippen molar-refractivity contribution in [1.29, 1.82) is 0 Å². The van der Waals surface area contributed by atoms with Crippen molar-refractivity contribution >= 4 is 29.8 Å². The number of ether oxygens (including phenoxy) is 12. The molecule has 0 radical (unpaired) electrons. The highest BCUT2D eigenvalue weighted by molar-refractivity contribution is 8.00. The Morgan fingerprint density at radius 1 is 0.556 bits per heavy atom. The van der Waals surface area contributed by atoms with Gasteiger partial charge in [-0.25, -0.2) is 9.59 Å². The highest BCUT2D eigenvalue weighted by Gasteiger charge is 2.42. The van der Waals surface area contributed by atoms with Crippen molar-refractivity contribution in [2.75, 3.05) is 164 Å². The largest absolute Gasteiger partial charge is 0.446 e. The van der Waals surface area contributed by atoms with Gasteiger partial charge in [-0.1, -0.05) is 18.6 Å². The summed E-state index contributed by atoms with van der Waals surface area (Å²) in [5, 5.41) is 12.0. The molecule has 20 heteroatoms. The van der Waals surface area contributed by atoms with Gasteiger partial charge < -0.3 is 78.1 Å². The zero-order chi connectivity index (χ0) is 44.5. The molecule has 2 fully saturated rings. The molecule has 1 aliphatic carbocycles. The van der Waals surface area contributed by atoms with Gasteiger partial charge in [-0.3, -0.25) is 4.79 Å². The number of hydrogen-bond donors (Lipinski definition) is 4. The number of rotatable bonds is 42. The SMILES string of the molecule is O=C(CCCC[C@@H]1SC[C@@H]2NC(=O)N[C@@H]21)NCCOCCOCCOCCOCCOCCOCCOCCOCCOCCOCCOCCNC(=O)OC1CC/C=C\CCC1. The second kappa shape index (κ2) is 40.0. The minimum Gasteiger partial charge on any atom is -0.446 e. The van der Waals surface area contributed by atoms with Gasteiger partial charge in [0.15, 0.2) is 0 Å². The summed E-state index contributed by atoms with van der Waals surface area (Å²) in [6, 6.07) is 0.397. The van der Waals surface area contributed by atoms with Crippen LogP contribution in [0.3, 0.4) is 0 Å². The fourth-order valence-electron chi connectivity index (χ4n) is 6.59. The summed E-state index contributed by atoms with van der Waals surface area (Å²) in [5.41, 5.74) is 0. The molecule has 0 aromatic carbocycles. The lowest BCUT2D eigenvalue weighted by atomic mass is 10.0. The lowest BCUT2D eigenvalue weighted by Crippen LogP contribution is -2.36. The Kier molecular flexibility index (Phi) is 34.9. The Morgan fingerprint density at radius 3 is 1.49 bits per heavy atom. The minimum atomic E-state index is -0.381. The number of urea groups is 1. The van der Waals surface area contributed by atoms with Gasteiger partial charge in [0, 0.05) is 30.5 Å². The van der Waals surface area contributed by atoms with Crippen LogP contribution in [0.5, 0.6) is 0 Å². The number of fused-ring (bicyclic) bond motifs is 1. The predicted molar refractivity (Wildman–Crippen MR) is 236 cm³/mol. The van der Waals surface area contributed by atoms with Crippen LogP contribution < -0.4 is 21.3 Å². The molecule has 366 valence electrons. The molecule has 4 atom stereocenters. The predicted octanol–water partition coefficient (Wildman–Crippen LogP) is 2.63. The Hall–Kier alpha value is -2.34. The van der Waals surface area contributed by atoms with Crippen LogP contribution in [0, 0.1) is 0 Å². The fraction of sp³-hybridized carbons (Fsp3) is 0.884. The summed E-state index contributed by atoms with van der Waals surface area (Å²) >= 11 is 1.90. The van der Waals surface area contributed by atoms with Gasteiger partial charge in [0.1, 0.15) is 6.10 Å². The van der Waals surface area contributed by atoms with Crippen LogP contribution in [0.15, 0.2) is 12.2 Å². The summed E-state index contributed by atoms with van der Waals surface area (Å²) in [7, 11) is 0. The second-order valence-electron chi connectivity index (χ2n) is 14.9. The molecule has 63 heavy (non-hydrogen) atoms. The summed E-state index contributed by atoms with van der Waals surface area (Å²) in [6.07, 6.45) is 12.1. The van der Waals surface area contributed by atoms with Crippen molar-refractivity contribution in [1.82, 2.24) is 21.3 Å². The minimum absolute atomic E-state index is 0.0136. The number of alkyl carbamates (subject to hydrolysis) is 1. The third kappa shape index (κ3) is 31.3. The Balaban J connectivity index is 0.885. The lowest BCUT2D eigenvalue weighted by molar-refractivity contribution is -0.121. The molecule has 0 aromatic heterocycles. The average Bonchev–Trinajstić information content (AvgIpc) is 3.83. The first-order valence-corrected chi connectivity index (χ1v) is 24.1. The molecule has 1 unspecified atom stereocenters. The molecular formula is C43H78N4O15S. The first kappa shape index (κ1) is 55.0. The number of nitrogens with one attached hydrogen (secondary N) is 4. The molecule has 0 bridgehead atoms. The molecule has 2 saturated heterocycles. The maximum absolute atomic E-state index is 12.1. The normalized spacial score (nSPS) is 20.1. The quantitative estimate of drug-likeness (QED) is 0.0394. The summed E-state index contributed by atoms with van der Waals surface area (Å²) in [4.78, 5) is 35.5. The van der Waals surface area contributed by atoms with E-state index in [1.165, 1.54) is 0 Å². The molecule has 4 N–H and O–H groups in total. The van der Waals surface area contributed by atoms with E-state index in [9.17, 15) is 14.4 Å². The van der Waals surface area contributed by atoms with Gasteiger partial charge in [-0.2, -0.15) is 11.8 Å². The molecule has 19 nitrogen and oxygen atoms in total. The van der Waals surface area contributed by atoms with Gasteiger partial charge in [0.2, 0.25) is 5.91 Å². The number of carbonyl (C=O) groups is 3. The molecule has 0 spiro atoms. The van der Waals surface area contributed by atoms with Gasteiger partial charge in [-0.15, -0.1) is 0 Å². The maximum atomic E-state index is 12.1. The van der Waals surface area contributed by atoms with Gasteiger partial charge in [-0.05, 0) is 44.9 Å². The Bertz CT molecular complexity index is 1170. The third-order valence-corrected chi connectivity index (χ3v) is 11.4. The van der Waals surface area contributed by atoms with Crippen LogP contribution in [0.1, 0.15) is 57.8 Å². The summed E-state index contributed by atoms with van der Waals surface area (Å²) in [5.74, 6) is 0.997.